The first-order chi connectivity index (χ1) is 6.41. The van der Waals surface area contributed by atoms with Crippen molar-refractivity contribution in [2.24, 2.45) is 0 Å². The lowest BCUT2D eigenvalue weighted by Crippen LogP contribution is -2.37. The van der Waals surface area contributed by atoms with Gasteiger partial charge in [0.25, 0.3) is 0 Å². The Kier molecular flexibility index (Phi) is 5.66. The van der Waals surface area contributed by atoms with E-state index in [4.69, 9.17) is 10.2 Å². The SMILES string of the molecule is CC(C(=O)O)S(=O)(=O)NCCCCO. The third-order valence-electron chi connectivity index (χ3n) is 1.70. The van der Waals surface area contributed by atoms with E-state index < -0.39 is 21.2 Å². The van der Waals surface area contributed by atoms with E-state index in [0.717, 1.165) is 6.92 Å². The van der Waals surface area contributed by atoms with E-state index in [1.165, 1.54) is 0 Å². The minimum Gasteiger partial charge on any atom is -0.480 e. The molecule has 0 aliphatic carbocycles. The van der Waals surface area contributed by atoms with Crippen LogP contribution in [0.5, 0.6) is 0 Å². The van der Waals surface area contributed by atoms with Crippen LogP contribution in [0.2, 0.25) is 0 Å². The highest BCUT2D eigenvalue weighted by molar-refractivity contribution is 7.90. The molecule has 6 nitrogen and oxygen atoms in total. The Balaban J connectivity index is 4.02. The van der Waals surface area contributed by atoms with Crippen LogP contribution in [0.3, 0.4) is 0 Å². The van der Waals surface area contributed by atoms with Crippen molar-refractivity contribution in [3.63, 3.8) is 0 Å². The summed E-state index contributed by atoms with van der Waals surface area (Å²) in [5, 5.41) is 15.4. The summed E-state index contributed by atoms with van der Waals surface area (Å²) in [6, 6.07) is 0. The quantitative estimate of drug-likeness (QED) is 0.490. The van der Waals surface area contributed by atoms with Crippen LogP contribution in [0.15, 0.2) is 0 Å². The van der Waals surface area contributed by atoms with Crippen molar-refractivity contribution in [2.45, 2.75) is 25.0 Å². The molecule has 1 unspecified atom stereocenters. The fraction of sp³-hybridized carbons (Fsp3) is 0.857. The van der Waals surface area contributed by atoms with Gasteiger partial charge >= 0.3 is 5.97 Å². The summed E-state index contributed by atoms with van der Waals surface area (Å²) in [7, 11) is -3.77. The summed E-state index contributed by atoms with van der Waals surface area (Å²) in [5.74, 6) is -1.38. The molecule has 0 spiro atoms. The van der Waals surface area contributed by atoms with Gasteiger partial charge in [-0.1, -0.05) is 0 Å². The van der Waals surface area contributed by atoms with Gasteiger partial charge in [-0.25, -0.2) is 13.1 Å². The number of carboxylic acids is 1. The van der Waals surface area contributed by atoms with Crippen LogP contribution >= 0.6 is 0 Å². The van der Waals surface area contributed by atoms with Crippen LogP contribution in [-0.4, -0.2) is 43.0 Å². The molecule has 0 aromatic carbocycles. The van der Waals surface area contributed by atoms with E-state index in [9.17, 15) is 13.2 Å². The van der Waals surface area contributed by atoms with Crippen LogP contribution in [0.4, 0.5) is 0 Å². The number of aliphatic hydroxyl groups is 1. The predicted octanol–water partition coefficient (Wildman–Crippen LogP) is -0.849. The molecular weight excluding hydrogens is 210 g/mol. The third-order valence-corrected chi connectivity index (χ3v) is 3.44. The summed E-state index contributed by atoms with van der Waals surface area (Å²) in [5.41, 5.74) is 0. The van der Waals surface area contributed by atoms with Gasteiger partial charge in [-0.2, -0.15) is 0 Å². The van der Waals surface area contributed by atoms with Crippen molar-refractivity contribution >= 4 is 16.0 Å². The van der Waals surface area contributed by atoms with Gasteiger partial charge < -0.3 is 10.2 Å². The Morgan fingerprint density at radius 2 is 2.00 bits per heavy atom. The second kappa shape index (κ2) is 5.94. The zero-order valence-corrected chi connectivity index (χ0v) is 8.75. The highest BCUT2D eigenvalue weighted by Gasteiger charge is 2.26. The number of rotatable bonds is 7. The highest BCUT2D eigenvalue weighted by Crippen LogP contribution is 1.98. The lowest BCUT2D eigenvalue weighted by atomic mass is 10.3. The normalized spacial score (nSPS) is 13.9. The Hall–Kier alpha value is -0.660. The van der Waals surface area contributed by atoms with Crippen molar-refractivity contribution in [3.8, 4) is 0 Å². The molecule has 14 heavy (non-hydrogen) atoms. The average Bonchev–Trinajstić information content (AvgIpc) is 2.11. The lowest BCUT2D eigenvalue weighted by Gasteiger charge is -2.09. The van der Waals surface area contributed by atoms with Gasteiger partial charge in [-0.05, 0) is 19.8 Å². The van der Waals surface area contributed by atoms with E-state index >= 15 is 0 Å². The van der Waals surface area contributed by atoms with Crippen LogP contribution in [0, 0.1) is 0 Å². The lowest BCUT2D eigenvalue weighted by molar-refractivity contribution is -0.136. The number of carboxylic acid groups (broad SMARTS) is 1. The Morgan fingerprint density at radius 1 is 1.43 bits per heavy atom. The molecule has 0 aromatic rings. The van der Waals surface area contributed by atoms with Crippen molar-refractivity contribution in [1.82, 2.24) is 4.72 Å². The van der Waals surface area contributed by atoms with E-state index in [1.807, 2.05) is 0 Å². The Morgan fingerprint density at radius 3 is 2.43 bits per heavy atom. The first-order valence-electron chi connectivity index (χ1n) is 4.24. The summed E-state index contributed by atoms with van der Waals surface area (Å²) < 4.78 is 24.5. The van der Waals surface area contributed by atoms with E-state index in [1.54, 1.807) is 0 Å². The maximum absolute atomic E-state index is 11.2. The van der Waals surface area contributed by atoms with Crippen LogP contribution in [0.25, 0.3) is 0 Å². The Labute approximate surface area is 83.0 Å². The molecule has 0 saturated carbocycles. The largest absolute Gasteiger partial charge is 0.480 e. The fourth-order valence-electron chi connectivity index (χ4n) is 0.709. The number of carbonyl (C=O) groups is 1. The standard InChI is InChI=1S/C7H15NO5S/c1-6(7(10)11)14(12,13)8-4-2-3-5-9/h6,8-9H,2-5H2,1H3,(H,10,11). The number of hydrogen-bond donors (Lipinski definition) is 3. The number of aliphatic carboxylic acids is 1. The minimum absolute atomic E-state index is 0.00376. The topological polar surface area (TPSA) is 104 Å². The number of nitrogens with one attached hydrogen (secondary N) is 1. The molecule has 1 atom stereocenters. The van der Waals surface area contributed by atoms with Crippen LogP contribution in [-0.2, 0) is 14.8 Å². The maximum atomic E-state index is 11.2. The molecular formula is C7H15NO5S. The van der Waals surface area contributed by atoms with Gasteiger partial charge in [0.2, 0.25) is 10.0 Å². The zero-order chi connectivity index (χ0) is 11.2. The van der Waals surface area contributed by atoms with Crippen molar-refractivity contribution in [3.05, 3.63) is 0 Å². The number of aliphatic hydroxyl groups excluding tert-OH is 1. The van der Waals surface area contributed by atoms with E-state index in [2.05, 4.69) is 4.72 Å². The van der Waals surface area contributed by atoms with Gasteiger partial charge in [-0.15, -0.1) is 0 Å². The second-order valence-electron chi connectivity index (χ2n) is 2.85. The van der Waals surface area contributed by atoms with Gasteiger partial charge in [0.05, 0.1) is 0 Å². The monoisotopic (exact) mass is 225 g/mol. The van der Waals surface area contributed by atoms with E-state index in [-0.39, 0.29) is 13.2 Å². The molecule has 0 radical (unpaired) electrons. The zero-order valence-electron chi connectivity index (χ0n) is 7.93. The van der Waals surface area contributed by atoms with Crippen molar-refractivity contribution < 1.29 is 23.4 Å². The second-order valence-corrected chi connectivity index (χ2v) is 4.94. The maximum Gasteiger partial charge on any atom is 0.323 e. The minimum atomic E-state index is -3.77. The van der Waals surface area contributed by atoms with Gasteiger partial charge in [0.15, 0.2) is 5.25 Å². The highest BCUT2D eigenvalue weighted by atomic mass is 32.2. The molecule has 0 bridgehead atoms. The molecule has 0 amide bonds. The molecule has 0 aliphatic heterocycles. The summed E-state index contributed by atoms with van der Waals surface area (Å²) in [6.07, 6.45) is 0.978. The first kappa shape index (κ1) is 13.3. The Bertz CT molecular complexity index is 274. The molecule has 7 heteroatoms. The fourth-order valence-corrected chi connectivity index (χ4v) is 1.65. The molecule has 0 aromatic heterocycles. The summed E-state index contributed by atoms with van der Waals surface area (Å²) in [6.45, 7) is 1.26. The molecule has 84 valence electrons. The molecule has 0 heterocycles. The third kappa shape index (κ3) is 4.54. The smallest absolute Gasteiger partial charge is 0.323 e. The van der Waals surface area contributed by atoms with Crippen molar-refractivity contribution in [1.29, 1.82) is 0 Å². The van der Waals surface area contributed by atoms with E-state index in [0.29, 0.717) is 12.8 Å². The number of hydrogen-bond acceptors (Lipinski definition) is 4. The van der Waals surface area contributed by atoms with Gasteiger partial charge in [0, 0.05) is 13.2 Å². The summed E-state index contributed by atoms with van der Waals surface area (Å²) in [4.78, 5) is 10.4. The average molecular weight is 225 g/mol. The molecule has 0 saturated heterocycles. The number of sulfonamides is 1. The molecule has 3 N–H and O–H groups in total. The van der Waals surface area contributed by atoms with Crippen LogP contribution < -0.4 is 4.72 Å². The van der Waals surface area contributed by atoms with Gasteiger partial charge in [-0.3, -0.25) is 4.79 Å². The molecule has 0 aliphatic rings. The summed E-state index contributed by atoms with van der Waals surface area (Å²) >= 11 is 0. The van der Waals surface area contributed by atoms with Crippen molar-refractivity contribution in [2.75, 3.05) is 13.2 Å². The first-order valence-corrected chi connectivity index (χ1v) is 5.78. The van der Waals surface area contributed by atoms with Crippen LogP contribution in [0.1, 0.15) is 19.8 Å². The molecule has 0 fully saturated rings. The number of unbranched alkanes of at least 4 members (excludes halogenated alkanes) is 1. The predicted molar refractivity (Wildman–Crippen MR) is 50.3 cm³/mol. The molecule has 0 rings (SSSR count). The van der Waals surface area contributed by atoms with Gasteiger partial charge in [0.1, 0.15) is 0 Å².